The second-order valence-corrected chi connectivity index (χ2v) is 8.66. The Kier molecular flexibility index (Phi) is 6.40. The summed E-state index contributed by atoms with van der Waals surface area (Å²) < 4.78 is 2.35. The molecule has 0 spiro atoms. The number of nitrogens with one attached hydrogen (secondary N) is 1. The van der Waals surface area contributed by atoms with Crippen LogP contribution >= 0.6 is 0 Å². The van der Waals surface area contributed by atoms with E-state index >= 15 is 0 Å². The zero-order chi connectivity index (χ0) is 19.4. The van der Waals surface area contributed by atoms with Crippen molar-refractivity contribution in [1.82, 2.24) is 14.9 Å². The van der Waals surface area contributed by atoms with Gasteiger partial charge in [-0.1, -0.05) is 39.8 Å². The average Bonchev–Trinajstić information content (AvgIpc) is 3.03. The van der Waals surface area contributed by atoms with Crippen LogP contribution in [0.2, 0.25) is 0 Å². The van der Waals surface area contributed by atoms with Crippen molar-refractivity contribution < 1.29 is 4.79 Å². The molecule has 3 rings (SSSR count). The minimum atomic E-state index is 0.0517. The van der Waals surface area contributed by atoms with Crippen molar-refractivity contribution in [1.29, 1.82) is 0 Å². The van der Waals surface area contributed by atoms with E-state index in [1.807, 2.05) is 6.07 Å². The van der Waals surface area contributed by atoms with Crippen LogP contribution in [0.3, 0.4) is 0 Å². The lowest BCUT2D eigenvalue weighted by molar-refractivity contribution is -0.125. The summed E-state index contributed by atoms with van der Waals surface area (Å²) in [5.74, 6) is 2.40. The molecule has 1 aliphatic rings. The number of hydrogen-bond acceptors (Lipinski definition) is 3. The third kappa shape index (κ3) is 4.82. The summed E-state index contributed by atoms with van der Waals surface area (Å²) in [4.78, 5) is 19.8. The SMILES string of the molecule is CC(C)CCn1c(N2CCCC(C(=O)NCC(C)C)C2)nc2ccccc21. The van der Waals surface area contributed by atoms with Crippen molar-refractivity contribution in [3.05, 3.63) is 24.3 Å². The molecule has 1 N–H and O–H groups in total. The number of anilines is 1. The molecule has 5 heteroatoms. The fourth-order valence-corrected chi connectivity index (χ4v) is 3.73. The Morgan fingerprint density at radius 1 is 1.22 bits per heavy atom. The van der Waals surface area contributed by atoms with Crippen molar-refractivity contribution >= 4 is 22.9 Å². The number of hydrogen-bond donors (Lipinski definition) is 1. The molecule has 2 aromatic rings. The summed E-state index contributed by atoms with van der Waals surface area (Å²) in [5, 5.41) is 3.11. The molecule has 1 unspecified atom stereocenters. The largest absolute Gasteiger partial charge is 0.356 e. The van der Waals surface area contributed by atoms with E-state index < -0.39 is 0 Å². The van der Waals surface area contributed by atoms with Crippen molar-refractivity contribution in [2.24, 2.45) is 17.8 Å². The van der Waals surface area contributed by atoms with Gasteiger partial charge in [-0.15, -0.1) is 0 Å². The number of carbonyl (C=O) groups excluding carboxylic acids is 1. The highest BCUT2D eigenvalue weighted by Gasteiger charge is 2.28. The third-order valence-corrected chi connectivity index (χ3v) is 5.32. The summed E-state index contributed by atoms with van der Waals surface area (Å²) in [6.07, 6.45) is 3.12. The Labute approximate surface area is 163 Å². The van der Waals surface area contributed by atoms with Gasteiger partial charge in [0.15, 0.2) is 0 Å². The number of para-hydroxylation sites is 2. The van der Waals surface area contributed by atoms with Gasteiger partial charge in [0, 0.05) is 26.2 Å². The second kappa shape index (κ2) is 8.77. The first-order valence-corrected chi connectivity index (χ1v) is 10.4. The molecule has 1 aliphatic heterocycles. The molecular weight excluding hydrogens is 336 g/mol. The Hall–Kier alpha value is -2.04. The molecule has 1 aromatic carbocycles. The maximum absolute atomic E-state index is 12.6. The Morgan fingerprint density at radius 3 is 2.74 bits per heavy atom. The molecule has 0 radical (unpaired) electrons. The fourth-order valence-electron chi connectivity index (χ4n) is 3.73. The smallest absolute Gasteiger partial charge is 0.224 e. The van der Waals surface area contributed by atoms with Crippen molar-refractivity contribution in [3.63, 3.8) is 0 Å². The fraction of sp³-hybridized carbons (Fsp3) is 0.636. The first-order valence-electron chi connectivity index (χ1n) is 10.4. The van der Waals surface area contributed by atoms with Gasteiger partial charge in [-0.05, 0) is 43.2 Å². The lowest BCUT2D eigenvalue weighted by atomic mass is 9.97. The van der Waals surface area contributed by atoms with Gasteiger partial charge in [0.05, 0.1) is 17.0 Å². The number of amides is 1. The normalized spacial score (nSPS) is 17.9. The summed E-state index contributed by atoms with van der Waals surface area (Å²) in [6.45, 7) is 12.2. The maximum Gasteiger partial charge on any atom is 0.224 e. The zero-order valence-electron chi connectivity index (χ0n) is 17.2. The molecule has 0 saturated carbocycles. The second-order valence-electron chi connectivity index (χ2n) is 8.66. The van der Waals surface area contributed by atoms with E-state index in [0.717, 1.165) is 56.9 Å². The number of rotatable bonds is 7. The van der Waals surface area contributed by atoms with E-state index in [0.29, 0.717) is 11.8 Å². The number of nitrogens with zero attached hydrogens (tertiary/aromatic N) is 3. The molecule has 2 heterocycles. The van der Waals surface area contributed by atoms with E-state index in [1.165, 1.54) is 5.52 Å². The molecule has 1 aromatic heterocycles. The minimum Gasteiger partial charge on any atom is -0.356 e. The van der Waals surface area contributed by atoms with E-state index in [9.17, 15) is 4.79 Å². The summed E-state index contributed by atoms with van der Waals surface area (Å²) >= 11 is 0. The van der Waals surface area contributed by atoms with Crippen LogP contribution in [-0.2, 0) is 11.3 Å². The Balaban J connectivity index is 1.81. The first-order chi connectivity index (χ1) is 13.0. The molecule has 5 nitrogen and oxygen atoms in total. The van der Waals surface area contributed by atoms with Crippen molar-refractivity contribution in [3.8, 4) is 0 Å². The number of carbonyl (C=O) groups is 1. The Morgan fingerprint density at radius 2 is 2.00 bits per heavy atom. The van der Waals surface area contributed by atoms with E-state index in [2.05, 4.69) is 60.7 Å². The van der Waals surface area contributed by atoms with Gasteiger partial charge >= 0.3 is 0 Å². The molecule has 0 aliphatic carbocycles. The number of imidazole rings is 1. The van der Waals surface area contributed by atoms with Gasteiger partial charge in [0.25, 0.3) is 0 Å². The summed E-state index contributed by atoms with van der Waals surface area (Å²) in [7, 11) is 0. The quantitative estimate of drug-likeness (QED) is 0.799. The van der Waals surface area contributed by atoms with Crippen LogP contribution in [0.25, 0.3) is 11.0 Å². The number of fused-ring (bicyclic) bond motifs is 1. The summed E-state index contributed by atoms with van der Waals surface area (Å²) in [5.41, 5.74) is 2.24. The first kappa shape index (κ1) is 19.7. The third-order valence-electron chi connectivity index (χ3n) is 5.32. The monoisotopic (exact) mass is 370 g/mol. The maximum atomic E-state index is 12.6. The summed E-state index contributed by atoms with van der Waals surface area (Å²) in [6, 6.07) is 8.37. The van der Waals surface area contributed by atoms with Crippen LogP contribution in [0.4, 0.5) is 5.95 Å². The van der Waals surface area contributed by atoms with Crippen LogP contribution < -0.4 is 10.2 Å². The molecule has 1 fully saturated rings. The number of piperidine rings is 1. The van der Waals surface area contributed by atoms with E-state index in [-0.39, 0.29) is 11.8 Å². The molecule has 27 heavy (non-hydrogen) atoms. The topological polar surface area (TPSA) is 50.2 Å². The molecular formula is C22H34N4O. The standard InChI is InChI=1S/C22H34N4O/c1-16(2)11-13-26-20-10-6-5-9-19(20)24-22(26)25-12-7-8-18(15-25)21(27)23-14-17(3)4/h5-6,9-10,16-18H,7-8,11-15H2,1-4H3,(H,23,27). The van der Waals surface area contributed by atoms with Crippen molar-refractivity contribution in [2.45, 2.75) is 53.5 Å². The van der Waals surface area contributed by atoms with Gasteiger partial charge in [-0.2, -0.15) is 0 Å². The predicted molar refractivity (Wildman–Crippen MR) is 112 cm³/mol. The van der Waals surface area contributed by atoms with Crippen molar-refractivity contribution in [2.75, 3.05) is 24.5 Å². The van der Waals surface area contributed by atoms with Gasteiger partial charge in [-0.3, -0.25) is 4.79 Å². The van der Waals surface area contributed by atoms with Crippen LogP contribution in [0.5, 0.6) is 0 Å². The van der Waals surface area contributed by atoms with Gasteiger partial charge in [-0.25, -0.2) is 4.98 Å². The van der Waals surface area contributed by atoms with Crippen LogP contribution in [0.1, 0.15) is 47.0 Å². The average molecular weight is 371 g/mol. The highest BCUT2D eigenvalue weighted by atomic mass is 16.1. The van der Waals surface area contributed by atoms with Gasteiger partial charge in [0.1, 0.15) is 0 Å². The number of aromatic nitrogens is 2. The number of benzene rings is 1. The predicted octanol–water partition coefficient (Wildman–Crippen LogP) is 4.07. The van der Waals surface area contributed by atoms with E-state index in [4.69, 9.17) is 4.98 Å². The van der Waals surface area contributed by atoms with Gasteiger partial charge < -0.3 is 14.8 Å². The van der Waals surface area contributed by atoms with Gasteiger partial charge in [0.2, 0.25) is 11.9 Å². The van der Waals surface area contributed by atoms with Crippen LogP contribution in [0, 0.1) is 17.8 Å². The zero-order valence-corrected chi connectivity index (χ0v) is 17.2. The minimum absolute atomic E-state index is 0.0517. The molecule has 1 amide bonds. The molecule has 1 saturated heterocycles. The lowest BCUT2D eigenvalue weighted by Gasteiger charge is -2.33. The van der Waals surface area contributed by atoms with Crippen LogP contribution in [0.15, 0.2) is 24.3 Å². The molecule has 1 atom stereocenters. The Bertz CT molecular complexity index is 765. The lowest BCUT2D eigenvalue weighted by Crippen LogP contribution is -2.44. The number of aryl methyl sites for hydroxylation is 1. The highest BCUT2D eigenvalue weighted by molar-refractivity contribution is 5.81. The molecule has 0 bridgehead atoms. The highest BCUT2D eigenvalue weighted by Crippen LogP contribution is 2.28. The van der Waals surface area contributed by atoms with Crippen LogP contribution in [-0.4, -0.2) is 35.1 Å². The van der Waals surface area contributed by atoms with E-state index in [1.54, 1.807) is 0 Å². The molecule has 148 valence electrons.